The smallest absolute Gasteiger partial charge is 0.325 e. The number of nitrogens with one attached hydrogen (secondary N) is 1. The first-order valence-corrected chi connectivity index (χ1v) is 7.34. The van der Waals surface area contributed by atoms with Crippen LogP contribution in [-0.2, 0) is 9.53 Å². The van der Waals surface area contributed by atoms with Crippen molar-refractivity contribution >= 4 is 34.1 Å². The number of carbonyl (C=O) groups excluding carboxylic acids is 1. The molecule has 0 spiro atoms. The van der Waals surface area contributed by atoms with Crippen LogP contribution < -0.4 is 5.32 Å². The fourth-order valence-electron chi connectivity index (χ4n) is 2.05. The number of ether oxygens (including phenoxy) is 1. The molecule has 1 fully saturated rings. The molecule has 0 amide bonds. The van der Waals surface area contributed by atoms with Crippen LogP contribution in [0.2, 0.25) is 5.15 Å². The molecule has 102 valence electrons. The number of hydrogen-bond acceptors (Lipinski definition) is 6. The summed E-state index contributed by atoms with van der Waals surface area (Å²) < 4.78 is 9.21. The second-order valence-electron chi connectivity index (χ2n) is 4.39. The van der Waals surface area contributed by atoms with Crippen molar-refractivity contribution in [1.29, 1.82) is 5.26 Å². The summed E-state index contributed by atoms with van der Waals surface area (Å²) in [5.74, 6) is -0.305. The van der Waals surface area contributed by atoms with E-state index in [4.69, 9.17) is 21.6 Å². The minimum absolute atomic E-state index is 0.0315. The van der Waals surface area contributed by atoms with E-state index >= 15 is 0 Å². The molecule has 1 heterocycles. The number of halogens is 1. The van der Waals surface area contributed by atoms with Crippen molar-refractivity contribution in [2.24, 2.45) is 0 Å². The lowest BCUT2D eigenvalue weighted by Crippen LogP contribution is -2.25. The molecule has 0 saturated heterocycles. The lowest BCUT2D eigenvalue weighted by molar-refractivity contribution is -0.148. The van der Waals surface area contributed by atoms with Gasteiger partial charge in [-0.3, -0.25) is 4.79 Å². The van der Waals surface area contributed by atoms with Gasteiger partial charge in [0.1, 0.15) is 29.3 Å². The molecule has 0 atom stereocenters. The Hall–Kier alpha value is -1.32. The van der Waals surface area contributed by atoms with Gasteiger partial charge in [0.05, 0.1) is 0 Å². The molecule has 7 heteroatoms. The monoisotopic (exact) mass is 299 g/mol. The lowest BCUT2D eigenvalue weighted by Gasteiger charge is -2.21. The number of carbonyl (C=O) groups is 1. The van der Waals surface area contributed by atoms with E-state index in [2.05, 4.69) is 9.69 Å². The van der Waals surface area contributed by atoms with Crippen LogP contribution in [0.3, 0.4) is 0 Å². The summed E-state index contributed by atoms with van der Waals surface area (Å²) in [6, 6.07) is 1.95. The van der Waals surface area contributed by atoms with Crippen molar-refractivity contribution < 1.29 is 9.53 Å². The van der Waals surface area contributed by atoms with Gasteiger partial charge in [0.2, 0.25) is 0 Å². The third-order valence-electron chi connectivity index (χ3n) is 3.01. The zero-order valence-electron chi connectivity index (χ0n) is 10.3. The van der Waals surface area contributed by atoms with Gasteiger partial charge in [0, 0.05) is 0 Å². The maximum Gasteiger partial charge on any atom is 0.325 e. The summed E-state index contributed by atoms with van der Waals surface area (Å²) in [4.78, 5) is 11.7. The Bertz CT molecular complexity index is 492. The molecular weight excluding hydrogens is 286 g/mol. The van der Waals surface area contributed by atoms with Crippen molar-refractivity contribution in [1.82, 2.24) is 4.37 Å². The highest BCUT2D eigenvalue weighted by atomic mass is 35.5. The highest BCUT2D eigenvalue weighted by Crippen LogP contribution is 2.27. The zero-order valence-corrected chi connectivity index (χ0v) is 11.9. The van der Waals surface area contributed by atoms with Crippen molar-refractivity contribution in [3.63, 3.8) is 0 Å². The van der Waals surface area contributed by atoms with E-state index in [-0.39, 0.29) is 29.3 Å². The number of anilines is 1. The van der Waals surface area contributed by atoms with Crippen molar-refractivity contribution in [2.75, 3.05) is 11.9 Å². The average molecular weight is 300 g/mol. The maximum absolute atomic E-state index is 11.7. The normalized spacial score (nSPS) is 15.8. The molecule has 0 unspecified atom stereocenters. The lowest BCUT2D eigenvalue weighted by atomic mass is 9.98. The SMILES string of the molecule is N#Cc1c(Cl)nsc1NCC(=O)OC1CCCCC1. The van der Waals surface area contributed by atoms with Crippen LogP contribution in [0.15, 0.2) is 0 Å². The molecular formula is C12H14ClN3O2S. The quantitative estimate of drug-likeness (QED) is 0.865. The maximum atomic E-state index is 11.7. The molecule has 1 aromatic rings. The Morgan fingerprint density at radius 3 is 2.95 bits per heavy atom. The molecule has 2 rings (SSSR count). The summed E-state index contributed by atoms with van der Waals surface area (Å²) >= 11 is 6.80. The molecule has 19 heavy (non-hydrogen) atoms. The molecule has 1 N–H and O–H groups in total. The molecule has 1 aliphatic carbocycles. The Morgan fingerprint density at radius 2 is 2.26 bits per heavy atom. The van der Waals surface area contributed by atoms with Gasteiger partial charge in [-0.2, -0.15) is 9.64 Å². The van der Waals surface area contributed by atoms with Crippen LogP contribution in [-0.4, -0.2) is 23.0 Å². The zero-order chi connectivity index (χ0) is 13.7. The number of hydrogen-bond donors (Lipinski definition) is 1. The van der Waals surface area contributed by atoms with Crippen molar-refractivity contribution in [3.8, 4) is 6.07 Å². The van der Waals surface area contributed by atoms with E-state index < -0.39 is 0 Å². The molecule has 0 bridgehead atoms. The molecule has 1 saturated carbocycles. The van der Waals surface area contributed by atoms with E-state index in [0.717, 1.165) is 37.2 Å². The predicted molar refractivity (Wildman–Crippen MR) is 73.3 cm³/mol. The van der Waals surface area contributed by atoms with Crippen LogP contribution in [0.1, 0.15) is 37.7 Å². The largest absolute Gasteiger partial charge is 0.461 e. The van der Waals surface area contributed by atoms with E-state index in [1.165, 1.54) is 6.42 Å². The van der Waals surface area contributed by atoms with Crippen LogP contribution in [0, 0.1) is 11.3 Å². The minimum atomic E-state index is -0.305. The molecule has 0 radical (unpaired) electrons. The van der Waals surface area contributed by atoms with Gasteiger partial charge in [-0.05, 0) is 37.2 Å². The highest BCUT2D eigenvalue weighted by molar-refractivity contribution is 7.10. The Morgan fingerprint density at radius 1 is 1.53 bits per heavy atom. The van der Waals surface area contributed by atoms with E-state index in [1.807, 2.05) is 6.07 Å². The summed E-state index contributed by atoms with van der Waals surface area (Å²) in [7, 11) is 0. The van der Waals surface area contributed by atoms with Crippen LogP contribution in [0.25, 0.3) is 0 Å². The second kappa shape index (κ2) is 6.73. The van der Waals surface area contributed by atoms with Crippen molar-refractivity contribution in [3.05, 3.63) is 10.7 Å². The Kier molecular flexibility index (Phi) is 5.00. The average Bonchev–Trinajstić information content (AvgIpc) is 2.78. The first-order chi connectivity index (χ1) is 9.20. The second-order valence-corrected chi connectivity index (χ2v) is 5.52. The molecule has 0 aliphatic heterocycles. The molecule has 1 aromatic heterocycles. The number of rotatable bonds is 4. The molecule has 1 aliphatic rings. The van der Waals surface area contributed by atoms with Gasteiger partial charge in [0.25, 0.3) is 0 Å². The van der Waals surface area contributed by atoms with Gasteiger partial charge in [-0.15, -0.1) is 0 Å². The fourth-order valence-corrected chi connectivity index (χ4v) is 2.98. The summed E-state index contributed by atoms with van der Waals surface area (Å²) in [6.45, 7) is 0.0315. The topological polar surface area (TPSA) is 75.0 Å². The molecule has 0 aromatic carbocycles. The Labute approximate surface area is 120 Å². The summed E-state index contributed by atoms with van der Waals surface area (Å²) in [6.07, 6.45) is 5.40. The minimum Gasteiger partial charge on any atom is -0.461 e. The molecule has 5 nitrogen and oxygen atoms in total. The number of nitriles is 1. The third-order valence-corrected chi connectivity index (χ3v) is 4.18. The van der Waals surface area contributed by atoms with E-state index in [0.29, 0.717) is 5.00 Å². The number of aromatic nitrogens is 1. The van der Waals surface area contributed by atoms with Gasteiger partial charge >= 0.3 is 5.97 Å². The van der Waals surface area contributed by atoms with Gasteiger partial charge in [-0.1, -0.05) is 18.0 Å². The van der Waals surface area contributed by atoms with E-state index in [1.54, 1.807) is 0 Å². The Balaban J connectivity index is 1.81. The van der Waals surface area contributed by atoms with Crippen LogP contribution in [0.4, 0.5) is 5.00 Å². The predicted octanol–water partition coefficient (Wildman–Crippen LogP) is 2.96. The third kappa shape index (κ3) is 3.82. The standard InChI is InChI=1S/C12H14ClN3O2S/c13-11-9(6-14)12(19-16-11)15-7-10(17)18-8-4-2-1-3-5-8/h8,15H,1-5,7H2. The van der Waals surface area contributed by atoms with E-state index in [9.17, 15) is 4.79 Å². The number of nitrogens with zero attached hydrogens (tertiary/aromatic N) is 2. The summed E-state index contributed by atoms with van der Waals surface area (Å²) in [5, 5.41) is 12.4. The van der Waals surface area contributed by atoms with Crippen molar-refractivity contribution in [2.45, 2.75) is 38.2 Å². The number of esters is 1. The van der Waals surface area contributed by atoms with Gasteiger partial charge in [-0.25, -0.2) is 0 Å². The first-order valence-electron chi connectivity index (χ1n) is 6.19. The van der Waals surface area contributed by atoms with Crippen LogP contribution in [0.5, 0.6) is 0 Å². The van der Waals surface area contributed by atoms with Gasteiger partial charge in [0.15, 0.2) is 5.15 Å². The first kappa shape index (κ1) is 14.1. The van der Waals surface area contributed by atoms with Gasteiger partial charge < -0.3 is 10.1 Å². The van der Waals surface area contributed by atoms with Crippen LogP contribution >= 0.6 is 23.1 Å². The fraction of sp³-hybridized carbons (Fsp3) is 0.583. The highest BCUT2D eigenvalue weighted by Gasteiger charge is 2.18. The summed E-state index contributed by atoms with van der Waals surface area (Å²) in [5.41, 5.74) is 0.275.